The summed E-state index contributed by atoms with van der Waals surface area (Å²) in [5.41, 5.74) is 2.33. The SMILES string of the molecule is Cc1ccc([C@@H](O)[C@@H]2CC3CCN2CC3)cc1. The lowest BCUT2D eigenvalue weighted by molar-refractivity contribution is -0.0268. The zero-order valence-corrected chi connectivity index (χ0v) is 10.5. The van der Waals surface area contributed by atoms with E-state index in [0.717, 1.165) is 11.5 Å². The number of aryl methyl sites for hydroxylation is 1. The highest BCUT2D eigenvalue weighted by atomic mass is 16.3. The van der Waals surface area contributed by atoms with Crippen LogP contribution in [0.3, 0.4) is 0 Å². The maximum atomic E-state index is 10.5. The minimum atomic E-state index is -0.307. The van der Waals surface area contributed by atoms with E-state index in [0.29, 0.717) is 6.04 Å². The van der Waals surface area contributed by atoms with E-state index >= 15 is 0 Å². The van der Waals surface area contributed by atoms with E-state index in [-0.39, 0.29) is 6.10 Å². The van der Waals surface area contributed by atoms with Gasteiger partial charge in [-0.05, 0) is 50.8 Å². The first kappa shape index (κ1) is 11.2. The van der Waals surface area contributed by atoms with Gasteiger partial charge in [0, 0.05) is 6.04 Å². The first-order chi connectivity index (χ1) is 8.24. The van der Waals surface area contributed by atoms with E-state index in [1.165, 1.54) is 37.9 Å². The standard InChI is InChI=1S/C15H21NO/c1-11-2-4-13(5-3-11)15(17)14-10-12-6-8-16(14)9-7-12/h2-5,12,14-15,17H,6-10H2,1H3/t14-,15+/m0/s1. The van der Waals surface area contributed by atoms with Crippen LogP contribution in [0, 0.1) is 12.8 Å². The first-order valence-electron chi connectivity index (χ1n) is 6.73. The van der Waals surface area contributed by atoms with Crippen LogP contribution >= 0.6 is 0 Å². The second-order valence-corrected chi connectivity index (χ2v) is 5.64. The van der Waals surface area contributed by atoms with Crippen molar-refractivity contribution < 1.29 is 5.11 Å². The van der Waals surface area contributed by atoms with Crippen LogP contribution in [0.4, 0.5) is 0 Å². The molecule has 1 aromatic carbocycles. The molecule has 2 atom stereocenters. The predicted molar refractivity (Wildman–Crippen MR) is 68.8 cm³/mol. The first-order valence-corrected chi connectivity index (χ1v) is 6.73. The summed E-state index contributed by atoms with van der Waals surface area (Å²) in [6.45, 7) is 4.44. The molecule has 0 spiro atoms. The van der Waals surface area contributed by atoms with Gasteiger partial charge in [-0.25, -0.2) is 0 Å². The Bertz CT molecular complexity index is 378. The third-order valence-corrected chi connectivity index (χ3v) is 4.48. The summed E-state index contributed by atoms with van der Waals surface area (Å²) in [5, 5.41) is 10.5. The molecule has 0 radical (unpaired) electrons. The van der Waals surface area contributed by atoms with Crippen molar-refractivity contribution in [2.75, 3.05) is 13.1 Å². The fourth-order valence-corrected chi connectivity index (χ4v) is 3.33. The summed E-state index contributed by atoms with van der Waals surface area (Å²) in [6, 6.07) is 8.68. The van der Waals surface area contributed by atoms with Gasteiger partial charge < -0.3 is 5.11 Å². The van der Waals surface area contributed by atoms with Gasteiger partial charge in [0.2, 0.25) is 0 Å². The van der Waals surface area contributed by atoms with E-state index < -0.39 is 0 Å². The summed E-state index contributed by atoms with van der Waals surface area (Å²) in [6.07, 6.45) is 3.53. The maximum Gasteiger partial charge on any atom is 0.0945 e. The van der Waals surface area contributed by atoms with E-state index in [1.807, 2.05) is 0 Å². The molecule has 3 fully saturated rings. The number of aliphatic hydroxyl groups is 1. The van der Waals surface area contributed by atoms with Gasteiger partial charge in [-0.2, -0.15) is 0 Å². The monoisotopic (exact) mass is 231 g/mol. The van der Waals surface area contributed by atoms with Crippen LogP contribution in [0.2, 0.25) is 0 Å². The fraction of sp³-hybridized carbons (Fsp3) is 0.600. The molecule has 92 valence electrons. The van der Waals surface area contributed by atoms with Gasteiger partial charge in [0.25, 0.3) is 0 Å². The summed E-state index contributed by atoms with van der Waals surface area (Å²) >= 11 is 0. The van der Waals surface area contributed by atoms with E-state index in [2.05, 4.69) is 36.1 Å². The number of nitrogens with zero attached hydrogens (tertiary/aromatic N) is 1. The second-order valence-electron chi connectivity index (χ2n) is 5.64. The lowest BCUT2D eigenvalue weighted by Crippen LogP contribution is -2.51. The summed E-state index contributed by atoms with van der Waals surface area (Å²) in [7, 11) is 0. The number of fused-ring (bicyclic) bond motifs is 3. The van der Waals surface area contributed by atoms with Crippen LogP contribution in [0.15, 0.2) is 24.3 Å². The third kappa shape index (κ3) is 2.12. The van der Waals surface area contributed by atoms with Crippen LogP contribution in [-0.4, -0.2) is 29.1 Å². The van der Waals surface area contributed by atoms with Gasteiger partial charge in [-0.15, -0.1) is 0 Å². The van der Waals surface area contributed by atoms with E-state index in [4.69, 9.17) is 0 Å². The lowest BCUT2D eigenvalue weighted by Gasteiger charge is -2.47. The van der Waals surface area contributed by atoms with Gasteiger partial charge >= 0.3 is 0 Å². The number of aliphatic hydroxyl groups excluding tert-OH is 1. The largest absolute Gasteiger partial charge is 0.387 e. The van der Waals surface area contributed by atoms with Crippen molar-refractivity contribution in [3.05, 3.63) is 35.4 Å². The van der Waals surface area contributed by atoms with Crippen molar-refractivity contribution in [2.24, 2.45) is 5.92 Å². The van der Waals surface area contributed by atoms with Gasteiger partial charge in [0.05, 0.1) is 6.10 Å². The Balaban J connectivity index is 1.77. The minimum Gasteiger partial charge on any atom is -0.387 e. The zero-order valence-electron chi connectivity index (χ0n) is 10.5. The highest BCUT2D eigenvalue weighted by molar-refractivity contribution is 5.24. The van der Waals surface area contributed by atoms with Crippen LogP contribution in [-0.2, 0) is 0 Å². The molecule has 0 aromatic heterocycles. The average Bonchev–Trinajstić information content (AvgIpc) is 2.40. The highest BCUT2D eigenvalue weighted by Crippen LogP contribution is 2.37. The highest BCUT2D eigenvalue weighted by Gasteiger charge is 2.37. The molecule has 0 amide bonds. The Morgan fingerprint density at radius 3 is 2.35 bits per heavy atom. The molecule has 3 aliphatic rings. The summed E-state index contributed by atoms with van der Waals surface area (Å²) in [5.74, 6) is 0.852. The van der Waals surface area contributed by atoms with Crippen LogP contribution in [0.25, 0.3) is 0 Å². The fourth-order valence-electron chi connectivity index (χ4n) is 3.33. The number of hydrogen-bond donors (Lipinski definition) is 1. The van der Waals surface area contributed by atoms with Crippen molar-refractivity contribution in [3.63, 3.8) is 0 Å². The quantitative estimate of drug-likeness (QED) is 0.845. The molecule has 1 N–H and O–H groups in total. The molecule has 17 heavy (non-hydrogen) atoms. The van der Waals surface area contributed by atoms with Crippen molar-refractivity contribution in [3.8, 4) is 0 Å². The molecule has 3 aliphatic heterocycles. The molecule has 4 rings (SSSR count). The lowest BCUT2D eigenvalue weighted by atomic mass is 9.80. The van der Waals surface area contributed by atoms with E-state index in [9.17, 15) is 5.11 Å². The van der Waals surface area contributed by atoms with Crippen molar-refractivity contribution in [2.45, 2.75) is 38.3 Å². The average molecular weight is 231 g/mol. The van der Waals surface area contributed by atoms with E-state index in [1.54, 1.807) is 0 Å². The molecule has 1 aromatic rings. The normalized spacial score (nSPS) is 33.6. The molecule has 2 nitrogen and oxygen atoms in total. The Morgan fingerprint density at radius 2 is 1.82 bits per heavy atom. The van der Waals surface area contributed by atoms with Crippen LogP contribution in [0.1, 0.15) is 36.5 Å². The summed E-state index contributed by atoms with van der Waals surface area (Å²) in [4.78, 5) is 2.48. The van der Waals surface area contributed by atoms with Crippen LogP contribution in [0.5, 0.6) is 0 Å². The molecule has 2 heteroatoms. The van der Waals surface area contributed by atoms with Gasteiger partial charge in [-0.1, -0.05) is 29.8 Å². The maximum absolute atomic E-state index is 10.5. The number of piperidine rings is 3. The number of hydrogen-bond acceptors (Lipinski definition) is 2. The Hall–Kier alpha value is -0.860. The molecular formula is C15H21NO. The molecule has 2 bridgehead atoms. The summed E-state index contributed by atoms with van der Waals surface area (Å²) < 4.78 is 0. The topological polar surface area (TPSA) is 23.5 Å². The third-order valence-electron chi connectivity index (χ3n) is 4.48. The smallest absolute Gasteiger partial charge is 0.0945 e. The molecule has 3 heterocycles. The Labute approximate surface area is 103 Å². The molecule has 0 aliphatic carbocycles. The molecular weight excluding hydrogens is 210 g/mol. The van der Waals surface area contributed by atoms with Crippen molar-refractivity contribution >= 4 is 0 Å². The van der Waals surface area contributed by atoms with Gasteiger partial charge in [0.1, 0.15) is 0 Å². The van der Waals surface area contributed by atoms with Gasteiger partial charge in [0.15, 0.2) is 0 Å². The van der Waals surface area contributed by atoms with Gasteiger partial charge in [-0.3, -0.25) is 4.90 Å². The predicted octanol–water partition coefficient (Wildman–Crippen LogP) is 2.51. The molecule has 0 saturated carbocycles. The molecule has 3 saturated heterocycles. The van der Waals surface area contributed by atoms with Crippen molar-refractivity contribution in [1.82, 2.24) is 4.90 Å². The number of benzene rings is 1. The Kier molecular flexibility index (Phi) is 2.93. The Morgan fingerprint density at radius 1 is 1.18 bits per heavy atom. The zero-order chi connectivity index (χ0) is 11.8. The molecule has 0 unspecified atom stereocenters. The van der Waals surface area contributed by atoms with Crippen LogP contribution < -0.4 is 0 Å². The minimum absolute atomic E-state index is 0.307. The van der Waals surface area contributed by atoms with Crippen molar-refractivity contribution in [1.29, 1.82) is 0 Å². The second kappa shape index (κ2) is 4.43. The number of rotatable bonds is 2.